The third-order valence-corrected chi connectivity index (χ3v) is 2.80. The molecule has 0 aliphatic rings. The van der Waals surface area contributed by atoms with Crippen molar-refractivity contribution < 1.29 is 4.74 Å². The Morgan fingerprint density at radius 3 is 3.05 bits per heavy atom. The summed E-state index contributed by atoms with van der Waals surface area (Å²) in [6, 6.07) is 6.06. The summed E-state index contributed by atoms with van der Waals surface area (Å²) in [5.74, 6) is 0.874. The van der Waals surface area contributed by atoms with Gasteiger partial charge in [-0.1, -0.05) is 6.07 Å². The molecule has 0 aliphatic carbocycles. The van der Waals surface area contributed by atoms with Crippen LogP contribution in [0.2, 0.25) is 0 Å². The van der Waals surface area contributed by atoms with Crippen molar-refractivity contribution in [2.45, 2.75) is 19.9 Å². The van der Waals surface area contributed by atoms with Crippen LogP contribution in [0.25, 0.3) is 0 Å². The van der Waals surface area contributed by atoms with E-state index >= 15 is 0 Å². The maximum Gasteiger partial charge on any atom is 0.203 e. The first-order valence-electron chi connectivity index (χ1n) is 6.46. The van der Waals surface area contributed by atoms with E-state index in [1.54, 1.807) is 13.3 Å². The van der Waals surface area contributed by atoms with Crippen LogP contribution in [-0.4, -0.2) is 34.8 Å². The van der Waals surface area contributed by atoms with Gasteiger partial charge in [0.15, 0.2) is 0 Å². The Morgan fingerprint density at radius 1 is 1.37 bits per heavy atom. The van der Waals surface area contributed by atoms with E-state index in [-0.39, 0.29) is 0 Å². The first kappa shape index (κ1) is 13.5. The molecule has 0 fully saturated rings. The number of ether oxygens (including phenoxy) is 1. The summed E-state index contributed by atoms with van der Waals surface area (Å²) < 4.78 is 7.09. The largest absolute Gasteiger partial charge is 0.385 e. The molecule has 1 N–H and O–H groups in total. The van der Waals surface area contributed by atoms with E-state index in [1.165, 1.54) is 0 Å². The second-order valence-corrected chi connectivity index (χ2v) is 4.42. The molecule has 2 aromatic heterocycles. The normalized spacial score (nSPS) is 10.6. The molecule has 0 amide bonds. The molecule has 2 rings (SSSR count). The molecule has 102 valence electrons. The Labute approximate surface area is 113 Å². The summed E-state index contributed by atoms with van der Waals surface area (Å²) in [7, 11) is 1.71. The Morgan fingerprint density at radius 2 is 2.26 bits per heavy atom. The second kappa shape index (κ2) is 6.89. The number of pyridine rings is 1. The van der Waals surface area contributed by atoms with E-state index in [4.69, 9.17) is 4.74 Å². The van der Waals surface area contributed by atoms with Gasteiger partial charge >= 0.3 is 0 Å². The van der Waals surface area contributed by atoms with E-state index < -0.39 is 0 Å². The lowest BCUT2D eigenvalue weighted by Gasteiger charge is -2.09. The summed E-state index contributed by atoms with van der Waals surface area (Å²) in [4.78, 5) is 8.82. The van der Waals surface area contributed by atoms with E-state index in [0.29, 0.717) is 0 Å². The van der Waals surface area contributed by atoms with Crippen LogP contribution < -0.4 is 5.32 Å². The highest BCUT2D eigenvalue weighted by molar-refractivity contribution is 5.27. The SMILES string of the molecule is COCCCNc1nccn1Cc1cccc(C)n1. The van der Waals surface area contributed by atoms with E-state index in [9.17, 15) is 0 Å². The van der Waals surface area contributed by atoms with Crippen molar-refractivity contribution in [1.29, 1.82) is 0 Å². The van der Waals surface area contributed by atoms with Gasteiger partial charge in [0.25, 0.3) is 0 Å². The molecule has 0 bridgehead atoms. The van der Waals surface area contributed by atoms with Crippen LogP contribution in [0.5, 0.6) is 0 Å². The zero-order valence-corrected chi connectivity index (χ0v) is 11.5. The van der Waals surface area contributed by atoms with Gasteiger partial charge < -0.3 is 14.6 Å². The van der Waals surface area contributed by atoms with Crippen molar-refractivity contribution in [2.75, 3.05) is 25.6 Å². The molecule has 0 aromatic carbocycles. The molecule has 2 aromatic rings. The number of imidazole rings is 1. The van der Waals surface area contributed by atoms with E-state index in [1.807, 2.05) is 31.3 Å². The fraction of sp³-hybridized carbons (Fsp3) is 0.429. The number of aromatic nitrogens is 3. The lowest BCUT2D eigenvalue weighted by Crippen LogP contribution is -2.11. The van der Waals surface area contributed by atoms with Gasteiger partial charge in [0.05, 0.1) is 12.2 Å². The van der Waals surface area contributed by atoms with Gasteiger partial charge in [-0.2, -0.15) is 0 Å². The van der Waals surface area contributed by atoms with Crippen molar-refractivity contribution in [3.05, 3.63) is 42.0 Å². The van der Waals surface area contributed by atoms with Gasteiger partial charge in [-0.3, -0.25) is 4.98 Å². The summed E-state index contributed by atoms with van der Waals surface area (Å²) in [6.45, 7) is 4.34. The van der Waals surface area contributed by atoms with Gasteiger partial charge in [0.1, 0.15) is 0 Å². The van der Waals surface area contributed by atoms with Crippen molar-refractivity contribution >= 4 is 5.95 Å². The molecule has 0 aliphatic heterocycles. The fourth-order valence-corrected chi connectivity index (χ4v) is 1.88. The molecule has 0 spiro atoms. The maximum absolute atomic E-state index is 5.02. The van der Waals surface area contributed by atoms with E-state index in [0.717, 1.165) is 43.5 Å². The standard InChI is InChI=1S/C14H20N4O/c1-12-5-3-6-13(17-12)11-18-9-8-16-14(18)15-7-4-10-19-2/h3,5-6,8-9H,4,7,10-11H2,1-2H3,(H,15,16). The van der Waals surface area contributed by atoms with Crippen LogP contribution in [0.1, 0.15) is 17.8 Å². The smallest absolute Gasteiger partial charge is 0.203 e. The van der Waals surface area contributed by atoms with Crippen molar-refractivity contribution in [1.82, 2.24) is 14.5 Å². The highest BCUT2D eigenvalue weighted by Crippen LogP contribution is 2.08. The number of nitrogens with one attached hydrogen (secondary N) is 1. The summed E-state index contributed by atoms with van der Waals surface area (Å²) in [5, 5.41) is 3.31. The van der Waals surface area contributed by atoms with Crippen LogP contribution in [0.3, 0.4) is 0 Å². The lowest BCUT2D eigenvalue weighted by molar-refractivity contribution is 0.197. The van der Waals surface area contributed by atoms with Crippen molar-refractivity contribution in [3.8, 4) is 0 Å². The predicted octanol–water partition coefficient (Wildman–Crippen LogP) is 2.08. The number of nitrogens with zero attached hydrogens (tertiary/aromatic N) is 3. The van der Waals surface area contributed by atoms with Crippen LogP contribution in [0.15, 0.2) is 30.6 Å². The number of aryl methyl sites for hydroxylation is 1. The molecule has 0 atom stereocenters. The average molecular weight is 260 g/mol. The Kier molecular flexibility index (Phi) is 4.92. The lowest BCUT2D eigenvalue weighted by atomic mass is 10.3. The zero-order chi connectivity index (χ0) is 13.5. The molecule has 5 heteroatoms. The van der Waals surface area contributed by atoms with Gasteiger partial charge in [-0.15, -0.1) is 0 Å². The van der Waals surface area contributed by atoms with Gasteiger partial charge in [-0.25, -0.2) is 4.98 Å². The summed E-state index contributed by atoms with van der Waals surface area (Å²) in [5.41, 5.74) is 2.07. The molecular formula is C14H20N4O. The predicted molar refractivity (Wildman–Crippen MR) is 75.3 cm³/mol. The van der Waals surface area contributed by atoms with Crippen molar-refractivity contribution in [3.63, 3.8) is 0 Å². The summed E-state index contributed by atoms with van der Waals surface area (Å²) in [6.07, 6.45) is 4.73. The Balaban J connectivity index is 1.95. The third kappa shape index (κ3) is 4.06. The Hall–Kier alpha value is -1.88. The van der Waals surface area contributed by atoms with Gasteiger partial charge in [-0.05, 0) is 25.5 Å². The highest BCUT2D eigenvalue weighted by Gasteiger charge is 2.03. The molecule has 0 radical (unpaired) electrons. The number of anilines is 1. The second-order valence-electron chi connectivity index (χ2n) is 4.42. The van der Waals surface area contributed by atoms with Crippen LogP contribution in [0.4, 0.5) is 5.95 Å². The molecule has 0 saturated heterocycles. The molecule has 2 heterocycles. The quantitative estimate of drug-likeness (QED) is 0.774. The first-order chi connectivity index (χ1) is 9.29. The minimum Gasteiger partial charge on any atom is -0.385 e. The van der Waals surface area contributed by atoms with Crippen molar-refractivity contribution in [2.24, 2.45) is 0 Å². The molecule has 0 saturated carbocycles. The highest BCUT2D eigenvalue weighted by atomic mass is 16.5. The molecule has 5 nitrogen and oxygen atoms in total. The molecule has 19 heavy (non-hydrogen) atoms. The Bertz CT molecular complexity index is 510. The number of hydrogen-bond acceptors (Lipinski definition) is 4. The van der Waals surface area contributed by atoms with Crippen LogP contribution in [0, 0.1) is 6.92 Å². The fourth-order valence-electron chi connectivity index (χ4n) is 1.88. The van der Waals surface area contributed by atoms with Gasteiger partial charge in [0, 0.05) is 38.3 Å². The molecular weight excluding hydrogens is 240 g/mol. The van der Waals surface area contributed by atoms with Crippen LogP contribution >= 0.6 is 0 Å². The minimum absolute atomic E-state index is 0.730. The number of hydrogen-bond donors (Lipinski definition) is 1. The number of rotatable bonds is 7. The topological polar surface area (TPSA) is 52.0 Å². The van der Waals surface area contributed by atoms with Gasteiger partial charge in [0.2, 0.25) is 5.95 Å². The minimum atomic E-state index is 0.730. The number of methoxy groups -OCH3 is 1. The third-order valence-electron chi connectivity index (χ3n) is 2.80. The zero-order valence-electron chi connectivity index (χ0n) is 11.5. The first-order valence-corrected chi connectivity index (χ1v) is 6.46. The van der Waals surface area contributed by atoms with E-state index in [2.05, 4.69) is 19.9 Å². The summed E-state index contributed by atoms with van der Waals surface area (Å²) >= 11 is 0. The molecule has 0 unspecified atom stereocenters. The van der Waals surface area contributed by atoms with Crippen LogP contribution in [-0.2, 0) is 11.3 Å². The maximum atomic E-state index is 5.02. The monoisotopic (exact) mass is 260 g/mol. The average Bonchev–Trinajstić information content (AvgIpc) is 2.82.